The molecule has 0 aliphatic heterocycles. The van der Waals surface area contributed by atoms with Gasteiger partial charge in [-0.05, 0) is 6.07 Å². The number of hydrogen-bond acceptors (Lipinski definition) is 3. The molecule has 1 rings (SSSR count). The van der Waals surface area contributed by atoms with Crippen molar-refractivity contribution in [2.24, 2.45) is 5.73 Å². The fourth-order valence-electron chi connectivity index (χ4n) is 1.13. The third-order valence-corrected chi connectivity index (χ3v) is 1.78. The van der Waals surface area contributed by atoms with Crippen molar-refractivity contribution in [1.29, 1.82) is 0 Å². The van der Waals surface area contributed by atoms with Crippen LogP contribution in [0.5, 0.6) is 5.75 Å². The average Bonchev–Trinajstić information content (AvgIpc) is 2.16. The molecule has 72 valence electrons. The van der Waals surface area contributed by atoms with Gasteiger partial charge in [-0.3, -0.25) is 0 Å². The summed E-state index contributed by atoms with van der Waals surface area (Å²) in [6.45, 7) is 0.0415. The maximum absolute atomic E-state index is 13.1. The Labute approximate surface area is 75.9 Å². The van der Waals surface area contributed by atoms with E-state index in [1.165, 1.54) is 19.2 Å². The van der Waals surface area contributed by atoms with E-state index >= 15 is 0 Å². The third-order valence-electron chi connectivity index (χ3n) is 1.78. The molecule has 0 heterocycles. The number of methoxy groups -OCH3 is 1. The van der Waals surface area contributed by atoms with Gasteiger partial charge in [0.25, 0.3) is 0 Å². The number of benzene rings is 1. The van der Waals surface area contributed by atoms with Crippen LogP contribution in [0.3, 0.4) is 0 Å². The van der Waals surface area contributed by atoms with Crippen LogP contribution in [-0.4, -0.2) is 18.8 Å². The van der Waals surface area contributed by atoms with E-state index < -0.39 is 11.9 Å². The number of halogens is 1. The second kappa shape index (κ2) is 4.20. The standard InChI is InChI=1S/C9H12FNO2/c1-13-9-6(8(12)5-11)3-2-4-7(9)10/h2-4,8,12H,5,11H2,1H3/t8-/m0/s1. The number of aliphatic hydroxyl groups is 1. The van der Waals surface area contributed by atoms with Crippen LogP contribution in [0.15, 0.2) is 18.2 Å². The van der Waals surface area contributed by atoms with Gasteiger partial charge in [-0.1, -0.05) is 12.1 Å². The predicted molar refractivity (Wildman–Crippen MR) is 47.0 cm³/mol. The van der Waals surface area contributed by atoms with Crippen LogP contribution < -0.4 is 10.5 Å². The fourth-order valence-corrected chi connectivity index (χ4v) is 1.13. The Morgan fingerprint density at radius 3 is 2.85 bits per heavy atom. The van der Waals surface area contributed by atoms with Crippen molar-refractivity contribution in [3.8, 4) is 5.75 Å². The Bertz CT molecular complexity index is 291. The smallest absolute Gasteiger partial charge is 0.165 e. The molecule has 3 nitrogen and oxygen atoms in total. The first-order valence-electron chi connectivity index (χ1n) is 3.91. The molecule has 0 aliphatic carbocycles. The number of aliphatic hydroxyl groups excluding tert-OH is 1. The summed E-state index contributed by atoms with van der Waals surface area (Å²) in [5, 5.41) is 9.39. The first-order chi connectivity index (χ1) is 6.20. The van der Waals surface area contributed by atoms with Gasteiger partial charge in [0.05, 0.1) is 13.2 Å². The zero-order valence-electron chi connectivity index (χ0n) is 7.33. The maximum atomic E-state index is 13.1. The largest absolute Gasteiger partial charge is 0.493 e. The van der Waals surface area contributed by atoms with Crippen LogP contribution >= 0.6 is 0 Å². The minimum absolute atomic E-state index is 0.0415. The molecule has 0 aliphatic rings. The second-order valence-electron chi connectivity index (χ2n) is 2.61. The van der Waals surface area contributed by atoms with Crippen LogP contribution in [0.2, 0.25) is 0 Å². The highest BCUT2D eigenvalue weighted by Crippen LogP contribution is 2.27. The number of para-hydroxylation sites is 1. The molecule has 1 atom stereocenters. The Balaban J connectivity index is 3.12. The lowest BCUT2D eigenvalue weighted by Crippen LogP contribution is -2.13. The quantitative estimate of drug-likeness (QED) is 0.733. The van der Waals surface area contributed by atoms with Crippen molar-refractivity contribution in [2.45, 2.75) is 6.10 Å². The molecule has 0 amide bonds. The van der Waals surface area contributed by atoms with Crippen molar-refractivity contribution >= 4 is 0 Å². The Morgan fingerprint density at radius 2 is 2.31 bits per heavy atom. The van der Waals surface area contributed by atoms with E-state index in [0.29, 0.717) is 5.56 Å². The highest BCUT2D eigenvalue weighted by molar-refractivity contribution is 5.36. The van der Waals surface area contributed by atoms with Gasteiger partial charge in [0, 0.05) is 12.1 Å². The summed E-state index contributed by atoms with van der Waals surface area (Å²) in [5.74, 6) is -0.437. The molecule has 3 N–H and O–H groups in total. The first kappa shape index (κ1) is 9.95. The highest BCUT2D eigenvalue weighted by Gasteiger charge is 2.14. The third kappa shape index (κ3) is 1.96. The van der Waals surface area contributed by atoms with Crippen molar-refractivity contribution in [1.82, 2.24) is 0 Å². The second-order valence-corrected chi connectivity index (χ2v) is 2.61. The SMILES string of the molecule is COc1c(F)cccc1[C@@H](O)CN. The summed E-state index contributed by atoms with van der Waals surface area (Å²) in [6, 6.07) is 4.36. The van der Waals surface area contributed by atoms with Gasteiger partial charge in [0.15, 0.2) is 11.6 Å². The minimum Gasteiger partial charge on any atom is -0.493 e. The van der Waals surface area contributed by atoms with E-state index in [2.05, 4.69) is 0 Å². The van der Waals surface area contributed by atoms with Crippen LogP contribution in [0.4, 0.5) is 4.39 Å². The lowest BCUT2D eigenvalue weighted by atomic mass is 10.1. The van der Waals surface area contributed by atoms with E-state index in [1.54, 1.807) is 6.07 Å². The number of ether oxygens (including phenoxy) is 1. The number of nitrogens with two attached hydrogens (primary N) is 1. The van der Waals surface area contributed by atoms with Gasteiger partial charge in [0.2, 0.25) is 0 Å². The maximum Gasteiger partial charge on any atom is 0.165 e. The topological polar surface area (TPSA) is 55.5 Å². The van der Waals surface area contributed by atoms with Gasteiger partial charge >= 0.3 is 0 Å². The van der Waals surface area contributed by atoms with Crippen molar-refractivity contribution in [3.05, 3.63) is 29.6 Å². The molecule has 0 aromatic heterocycles. The van der Waals surface area contributed by atoms with E-state index in [-0.39, 0.29) is 12.3 Å². The molecule has 0 unspecified atom stereocenters. The summed E-state index contributed by atoms with van der Waals surface area (Å²) in [7, 11) is 1.35. The Kier molecular flexibility index (Phi) is 3.22. The molecule has 0 bridgehead atoms. The van der Waals surface area contributed by atoms with Gasteiger partial charge in [-0.2, -0.15) is 0 Å². The Hall–Kier alpha value is -1.13. The van der Waals surface area contributed by atoms with E-state index in [0.717, 1.165) is 0 Å². The monoisotopic (exact) mass is 185 g/mol. The lowest BCUT2D eigenvalue weighted by Gasteiger charge is -2.12. The molecule has 0 radical (unpaired) electrons. The Morgan fingerprint density at radius 1 is 1.62 bits per heavy atom. The summed E-state index contributed by atoms with van der Waals surface area (Å²) in [4.78, 5) is 0. The van der Waals surface area contributed by atoms with Crippen LogP contribution in [0, 0.1) is 5.82 Å². The molecule has 0 fully saturated rings. The summed E-state index contributed by atoms with van der Waals surface area (Å²) >= 11 is 0. The molecule has 0 saturated heterocycles. The van der Waals surface area contributed by atoms with Gasteiger partial charge < -0.3 is 15.6 Å². The molecular weight excluding hydrogens is 173 g/mol. The zero-order valence-corrected chi connectivity index (χ0v) is 7.33. The van der Waals surface area contributed by atoms with Gasteiger partial charge in [-0.25, -0.2) is 4.39 Å². The summed E-state index contributed by atoms with van der Waals surface area (Å²) < 4.78 is 17.9. The summed E-state index contributed by atoms with van der Waals surface area (Å²) in [5.41, 5.74) is 5.63. The van der Waals surface area contributed by atoms with E-state index in [1.807, 2.05) is 0 Å². The van der Waals surface area contributed by atoms with E-state index in [4.69, 9.17) is 10.5 Å². The van der Waals surface area contributed by atoms with Crippen molar-refractivity contribution < 1.29 is 14.2 Å². The summed E-state index contributed by atoms with van der Waals surface area (Å²) in [6.07, 6.45) is -0.884. The van der Waals surface area contributed by atoms with Crippen LogP contribution in [0.25, 0.3) is 0 Å². The van der Waals surface area contributed by atoms with Crippen molar-refractivity contribution in [2.75, 3.05) is 13.7 Å². The minimum atomic E-state index is -0.884. The van der Waals surface area contributed by atoms with Crippen LogP contribution in [0.1, 0.15) is 11.7 Å². The van der Waals surface area contributed by atoms with E-state index in [9.17, 15) is 9.50 Å². The lowest BCUT2D eigenvalue weighted by molar-refractivity contribution is 0.181. The van der Waals surface area contributed by atoms with Crippen molar-refractivity contribution in [3.63, 3.8) is 0 Å². The average molecular weight is 185 g/mol. The molecule has 4 heteroatoms. The van der Waals surface area contributed by atoms with Gasteiger partial charge in [-0.15, -0.1) is 0 Å². The molecule has 1 aromatic rings. The molecule has 0 saturated carbocycles. The van der Waals surface area contributed by atoms with Gasteiger partial charge in [0.1, 0.15) is 0 Å². The first-order valence-corrected chi connectivity index (χ1v) is 3.91. The van der Waals surface area contributed by atoms with Crippen LogP contribution in [-0.2, 0) is 0 Å². The predicted octanol–water partition coefficient (Wildman–Crippen LogP) is 0.826. The molecule has 13 heavy (non-hydrogen) atoms. The fraction of sp³-hybridized carbons (Fsp3) is 0.333. The molecular formula is C9H12FNO2. The molecule has 0 spiro atoms. The number of hydrogen-bond donors (Lipinski definition) is 2. The zero-order chi connectivity index (χ0) is 9.84. The highest BCUT2D eigenvalue weighted by atomic mass is 19.1. The molecule has 1 aromatic carbocycles. The number of rotatable bonds is 3. The normalized spacial score (nSPS) is 12.6.